The Bertz CT molecular complexity index is 925. The summed E-state index contributed by atoms with van der Waals surface area (Å²) in [6.45, 7) is 1.09. The number of rotatable bonds is 5. The van der Waals surface area contributed by atoms with Crippen molar-refractivity contribution < 1.29 is 14.3 Å². The highest BCUT2D eigenvalue weighted by Crippen LogP contribution is 2.35. The van der Waals surface area contributed by atoms with Crippen LogP contribution in [0.3, 0.4) is 0 Å². The highest BCUT2D eigenvalue weighted by Gasteiger charge is 2.23. The van der Waals surface area contributed by atoms with Gasteiger partial charge in [-0.15, -0.1) is 5.10 Å². The van der Waals surface area contributed by atoms with Crippen molar-refractivity contribution in [3.8, 4) is 17.2 Å². The second-order valence-corrected chi connectivity index (χ2v) is 6.34. The Balaban J connectivity index is 1.35. The highest BCUT2D eigenvalue weighted by atomic mass is 16.5. The number of benzene rings is 2. The van der Waals surface area contributed by atoms with E-state index in [2.05, 4.69) is 20.8 Å². The van der Waals surface area contributed by atoms with E-state index >= 15 is 0 Å². The Labute approximate surface area is 156 Å². The van der Waals surface area contributed by atoms with Crippen LogP contribution in [0.2, 0.25) is 0 Å². The molecule has 0 bridgehead atoms. The van der Waals surface area contributed by atoms with Gasteiger partial charge in [-0.3, -0.25) is 4.79 Å². The van der Waals surface area contributed by atoms with Crippen LogP contribution in [-0.2, 0) is 6.42 Å². The number of nitrogens with one attached hydrogen (secondary N) is 1. The summed E-state index contributed by atoms with van der Waals surface area (Å²) in [4.78, 5) is 12.4. The number of para-hydroxylation sites is 1. The molecule has 2 aromatic carbocycles. The number of tetrazole rings is 1. The first-order valence-electron chi connectivity index (χ1n) is 8.65. The molecule has 0 saturated carbocycles. The summed E-state index contributed by atoms with van der Waals surface area (Å²) < 4.78 is 12.7. The van der Waals surface area contributed by atoms with Crippen LogP contribution in [-0.4, -0.2) is 46.4 Å². The highest BCUT2D eigenvalue weighted by molar-refractivity contribution is 5.94. The minimum absolute atomic E-state index is 0.116. The average molecular weight is 365 g/mol. The molecular weight excluding hydrogens is 346 g/mol. The van der Waals surface area contributed by atoms with Crippen molar-refractivity contribution in [2.75, 3.05) is 20.3 Å². The standard InChI is InChI=1S/C19H19N5O3/c1-26-17-4-2-3-15-9-13(11-27-18(15)17)10-20-19(25)14-5-7-16(8-6-14)24-12-21-22-23-24/h2-8,12-13H,9-11H2,1H3,(H,20,25)/t13-/m1/s1. The predicted molar refractivity (Wildman–Crippen MR) is 97.2 cm³/mol. The molecule has 1 aromatic heterocycles. The zero-order chi connectivity index (χ0) is 18.6. The van der Waals surface area contributed by atoms with Crippen molar-refractivity contribution in [3.63, 3.8) is 0 Å². The maximum Gasteiger partial charge on any atom is 0.251 e. The van der Waals surface area contributed by atoms with Gasteiger partial charge in [0.15, 0.2) is 11.5 Å². The third kappa shape index (κ3) is 3.59. The predicted octanol–water partition coefficient (Wildman–Crippen LogP) is 1.65. The summed E-state index contributed by atoms with van der Waals surface area (Å²) >= 11 is 0. The summed E-state index contributed by atoms with van der Waals surface area (Å²) in [5, 5.41) is 14.0. The van der Waals surface area contributed by atoms with E-state index in [1.54, 1.807) is 31.4 Å². The van der Waals surface area contributed by atoms with Gasteiger partial charge in [0.2, 0.25) is 0 Å². The molecule has 3 aromatic rings. The van der Waals surface area contributed by atoms with Crippen molar-refractivity contribution in [1.82, 2.24) is 25.5 Å². The molecule has 8 nitrogen and oxygen atoms in total. The summed E-state index contributed by atoms with van der Waals surface area (Å²) in [7, 11) is 1.63. The molecule has 1 amide bonds. The van der Waals surface area contributed by atoms with E-state index in [9.17, 15) is 4.79 Å². The van der Waals surface area contributed by atoms with Crippen LogP contribution < -0.4 is 14.8 Å². The third-order valence-corrected chi connectivity index (χ3v) is 4.55. The van der Waals surface area contributed by atoms with Crippen LogP contribution in [0.5, 0.6) is 11.5 Å². The molecule has 27 heavy (non-hydrogen) atoms. The molecule has 0 spiro atoms. The van der Waals surface area contributed by atoms with E-state index in [-0.39, 0.29) is 11.8 Å². The van der Waals surface area contributed by atoms with E-state index < -0.39 is 0 Å². The van der Waals surface area contributed by atoms with Crippen molar-refractivity contribution in [2.45, 2.75) is 6.42 Å². The fourth-order valence-corrected chi connectivity index (χ4v) is 3.13. The number of carbonyl (C=O) groups excluding carboxylic acids is 1. The number of hydrogen-bond donors (Lipinski definition) is 1. The van der Waals surface area contributed by atoms with Gasteiger partial charge in [0.1, 0.15) is 6.33 Å². The summed E-state index contributed by atoms with van der Waals surface area (Å²) in [5.74, 6) is 1.65. The molecule has 4 rings (SSSR count). The van der Waals surface area contributed by atoms with Crippen LogP contribution in [0.1, 0.15) is 15.9 Å². The van der Waals surface area contributed by atoms with Crippen LogP contribution in [0, 0.1) is 5.92 Å². The maximum absolute atomic E-state index is 12.4. The second kappa shape index (κ2) is 7.45. The first-order valence-corrected chi connectivity index (χ1v) is 8.65. The molecule has 0 aliphatic carbocycles. The van der Waals surface area contributed by atoms with Gasteiger partial charge in [-0.05, 0) is 52.7 Å². The van der Waals surface area contributed by atoms with Crippen LogP contribution in [0.15, 0.2) is 48.8 Å². The van der Waals surface area contributed by atoms with Gasteiger partial charge in [-0.1, -0.05) is 12.1 Å². The van der Waals surface area contributed by atoms with Crippen LogP contribution in [0.25, 0.3) is 5.69 Å². The fraction of sp³-hybridized carbons (Fsp3) is 0.263. The SMILES string of the molecule is COc1cccc2c1OC[C@@H](CNC(=O)c1ccc(-n3cnnn3)cc1)C2. The maximum atomic E-state index is 12.4. The molecule has 0 radical (unpaired) electrons. The van der Waals surface area contributed by atoms with Crippen molar-refractivity contribution in [3.05, 3.63) is 59.9 Å². The molecular formula is C19H19N5O3. The Kier molecular flexibility index (Phi) is 4.69. The number of aromatic nitrogens is 4. The van der Waals surface area contributed by atoms with E-state index in [1.807, 2.05) is 18.2 Å². The van der Waals surface area contributed by atoms with Gasteiger partial charge < -0.3 is 14.8 Å². The Morgan fingerprint density at radius 3 is 2.89 bits per heavy atom. The van der Waals surface area contributed by atoms with Crippen molar-refractivity contribution >= 4 is 5.91 Å². The second-order valence-electron chi connectivity index (χ2n) is 6.34. The molecule has 1 aliphatic rings. The lowest BCUT2D eigenvalue weighted by Crippen LogP contribution is -2.34. The molecule has 0 saturated heterocycles. The van der Waals surface area contributed by atoms with Crippen molar-refractivity contribution in [2.24, 2.45) is 5.92 Å². The smallest absolute Gasteiger partial charge is 0.251 e. The largest absolute Gasteiger partial charge is 0.493 e. The summed E-state index contributed by atoms with van der Waals surface area (Å²) in [5.41, 5.74) is 2.49. The molecule has 8 heteroatoms. The van der Waals surface area contributed by atoms with E-state index in [1.165, 1.54) is 11.0 Å². The molecule has 0 unspecified atom stereocenters. The van der Waals surface area contributed by atoms with Crippen LogP contribution in [0.4, 0.5) is 0 Å². The van der Waals surface area contributed by atoms with Gasteiger partial charge >= 0.3 is 0 Å². The summed E-state index contributed by atoms with van der Waals surface area (Å²) in [6.07, 6.45) is 2.34. The monoisotopic (exact) mass is 365 g/mol. The van der Waals surface area contributed by atoms with E-state index in [0.29, 0.717) is 18.7 Å². The quantitative estimate of drug-likeness (QED) is 0.739. The number of carbonyl (C=O) groups is 1. The zero-order valence-electron chi connectivity index (χ0n) is 14.8. The number of nitrogens with zero attached hydrogens (tertiary/aromatic N) is 4. The molecule has 1 aliphatic heterocycles. The molecule has 0 fully saturated rings. The normalized spacial score (nSPS) is 15.5. The number of hydrogen-bond acceptors (Lipinski definition) is 6. The Morgan fingerprint density at radius 1 is 1.30 bits per heavy atom. The van der Waals surface area contributed by atoms with Crippen LogP contribution >= 0.6 is 0 Å². The number of methoxy groups -OCH3 is 1. The minimum Gasteiger partial charge on any atom is -0.493 e. The first kappa shape index (κ1) is 17.0. The first-order chi connectivity index (χ1) is 13.2. The lowest BCUT2D eigenvalue weighted by molar-refractivity contribution is 0.0938. The average Bonchev–Trinajstić information content (AvgIpc) is 3.26. The van der Waals surface area contributed by atoms with Gasteiger partial charge in [0.25, 0.3) is 5.91 Å². The fourth-order valence-electron chi connectivity index (χ4n) is 3.13. The Hall–Kier alpha value is -3.42. The molecule has 1 atom stereocenters. The van der Waals surface area contributed by atoms with Gasteiger partial charge in [0, 0.05) is 18.0 Å². The van der Waals surface area contributed by atoms with E-state index in [0.717, 1.165) is 29.2 Å². The third-order valence-electron chi connectivity index (χ3n) is 4.55. The van der Waals surface area contributed by atoms with Gasteiger partial charge in [-0.25, -0.2) is 4.68 Å². The van der Waals surface area contributed by atoms with E-state index in [4.69, 9.17) is 9.47 Å². The molecule has 2 heterocycles. The Morgan fingerprint density at radius 2 is 2.15 bits per heavy atom. The summed E-state index contributed by atoms with van der Waals surface area (Å²) in [6, 6.07) is 13.0. The topological polar surface area (TPSA) is 91.2 Å². The number of ether oxygens (including phenoxy) is 2. The zero-order valence-corrected chi connectivity index (χ0v) is 14.8. The van der Waals surface area contributed by atoms with Gasteiger partial charge in [0.05, 0.1) is 19.4 Å². The molecule has 1 N–H and O–H groups in total. The number of fused-ring (bicyclic) bond motifs is 1. The lowest BCUT2D eigenvalue weighted by atomic mass is 9.96. The minimum atomic E-state index is -0.116. The lowest BCUT2D eigenvalue weighted by Gasteiger charge is -2.26. The number of amides is 1. The van der Waals surface area contributed by atoms with Crippen molar-refractivity contribution in [1.29, 1.82) is 0 Å². The van der Waals surface area contributed by atoms with Gasteiger partial charge in [-0.2, -0.15) is 0 Å². The molecule has 138 valence electrons.